The number of hydrogen-bond donors (Lipinski definition) is 1. The second kappa shape index (κ2) is 5.64. The Bertz CT molecular complexity index is 170. The van der Waals surface area contributed by atoms with Gasteiger partial charge in [-0.3, -0.25) is 0 Å². The zero-order valence-corrected chi connectivity index (χ0v) is 10.4. The van der Waals surface area contributed by atoms with E-state index in [-0.39, 0.29) is 11.5 Å². The molecule has 0 aromatic carbocycles. The van der Waals surface area contributed by atoms with Crippen LogP contribution < -0.4 is 5.32 Å². The van der Waals surface area contributed by atoms with E-state index in [0.717, 1.165) is 26.1 Å². The number of carbonyl (C=O) groups excluding carboxylic acids is 1. The number of nitrogens with zero attached hydrogens (tertiary/aromatic N) is 1. The van der Waals surface area contributed by atoms with Gasteiger partial charge in [-0.15, -0.1) is 0 Å². The fraction of sp³-hybridized carbons (Fsp3) is 0.500. The van der Waals surface area contributed by atoms with Crippen molar-refractivity contribution in [3.05, 3.63) is 11.9 Å². The summed E-state index contributed by atoms with van der Waals surface area (Å²) < 4.78 is 13.9. The van der Waals surface area contributed by atoms with Crippen molar-refractivity contribution in [1.82, 2.24) is 8.03 Å². The average Bonchev–Trinajstić information content (AvgIpc) is 1.98. The van der Waals surface area contributed by atoms with Crippen molar-refractivity contribution < 1.29 is 9.18 Å². The van der Waals surface area contributed by atoms with Crippen LogP contribution in [0.5, 0.6) is 0 Å². The Morgan fingerprint density at radius 1 is 1.82 bits per heavy atom. The standard InChI is InChI=1S/C6H10FN2O.Pb/c1-8-4-5(3-7)6(10)9-2;/h3H,4H2,1-2H3,(H,9,10);/q-1;+1/b5-3-;. The molecule has 1 amide bonds. The van der Waals surface area contributed by atoms with Crippen LogP contribution in [0.15, 0.2) is 11.9 Å². The summed E-state index contributed by atoms with van der Waals surface area (Å²) in [6.45, 7) is 0.377. The molecule has 3 nitrogen and oxygen atoms in total. The van der Waals surface area contributed by atoms with E-state index in [0.29, 0.717) is 12.9 Å². The van der Waals surface area contributed by atoms with E-state index in [4.69, 9.17) is 0 Å². The number of likely N-dealkylation sites (N-methyl/N-ethyl adjacent to an activating group) is 2. The monoisotopic (exact) mass is 353 g/mol. The molecule has 0 fully saturated rings. The molecular formula is C6H10FN2OPb. The number of halogens is 1. The first-order chi connectivity index (χ1) is 5.11. The molecule has 0 aromatic heterocycles. The van der Waals surface area contributed by atoms with E-state index < -0.39 is 0 Å². The van der Waals surface area contributed by atoms with Crippen LogP contribution in [0.25, 0.3) is 0 Å². The van der Waals surface area contributed by atoms with Crippen LogP contribution in [-0.4, -0.2) is 55.3 Å². The van der Waals surface area contributed by atoms with Gasteiger partial charge in [0, 0.05) is 0 Å². The molecule has 0 unspecified atom stereocenters. The van der Waals surface area contributed by atoms with Crippen LogP contribution >= 0.6 is 0 Å². The van der Waals surface area contributed by atoms with Crippen molar-refractivity contribution >= 4 is 32.0 Å². The molecule has 61 valence electrons. The maximum atomic E-state index is 12.0. The number of amides is 1. The van der Waals surface area contributed by atoms with Gasteiger partial charge in [-0.05, 0) is 0 Å². The van der Waals surface area contributed by atoms with Crippen molar-refractivity contribution in [2.75, 3.05) is 20.6 Å². The minimum absolute atomic E-state index is 0.171. The van der Waals surface area contributed by atoms with E-state index in [9.17, 15) is 9.18 Å². The summed E-state index contributed by atoms with van der Waals surface area (Å²) >= 11 is 0.816. The normalized spacial score (nSPS) is 11.9. The van der Waals surface area contributed by atoms with Crippen molar-refractivity contribution in [3.63, 3.8) is 0 Å². The molecule has 0 aromatic rings. The van der Waals surface area contributed by atoms with Gasteiger partial charge in [0.05, 0.1) is 0 Å². The predicted molar refractivity (Wildman–Crippen MR) is 41.6 cm³/mol. The summed E-state index contributed by atoms with van der Waals surface area (Å²) in [6, 6.07) is 0. The zero-order chi connectivity index (χ0) is 8.85. The Labute approximate surface area is 81.7 Å². The summed E-state index contributed by atoms with van der Waals surface area (Å²) in [6.07, 6.45) is 0.354. The molecule has 3 radical (unpaired) electrons. The summed E-state index contributed by atoms with van der Waals surface area (Å²) in [5.41, 5.74) is 0.171. The molecule has 0 aliphatic rings. The van der Waals surface area contributed by atoms with Gasteiger partial charge in [0.25, 0.3) is 0 Å². The Kier molecular flexibility index (Phi) is 5.66. The van der Waals surface area contributed by atoms with Crippen LogP contribution in [-0.2, 0) is 4.79 Å². The van der Waals surface area contributed by atoms with Crippen molar-refractivity contribution in [2.45, 2.75) is 0 Å². The molecule has 0 rings (SSSR count). The zero-order valence-electron chi connectivity index (χ0n) is 6.52. The first kappa shape index (κ1) is 11.0. The second-order valence-electron chi connectivity index (χ2n) is 2.07. The SMILES string of the molecule is CNC(=O)/C(=C\F)C[N](C)[Pb]. The van der Waals surface area contributed by atoms with Gasteiger partial charge in [-0.2, -0.15) is 0 Å². The molecule has 0 aliphatic heterocycles. The predicted octanol–water partition coefficient (Wildman–Crippen LogP) is -0.399. The fourth-order valence-corrected chi connectivity index (χ4v) is 1.23. The Morgan fingerprint density at radius 3 is 2.64 bits per heavy atom. The first-order valence-electron chi connectivity index (χ1n) is 3.05. The van der Waals surface area contributed by atoms with E-state index >= 15 is 0 Å². The summed E-state index contributed by atoms with van der Waals surface area (Å²) in [7, 11) is 3.32. The summed E-state index contributed by atoms with van der Waals surface area (Å²) in [4.78, 5) is 10.8. The molecule has 0 aliphatic carbocycles. The van der Waals surface area contributed by atoms with Gasteiger partial charge in [0.2, 0.25) is 0 Å². The van der Waals surface area contributed by atoms with E-state index in [2.05, 4.69) is 5.32 Å². The minimum atomic E-state index is -0.352. The number of rotatable bonds is 3. The topological polar surface area (TPSA) is 32.3 Å². The van der Waals surface area contributed by atoms with Gasteiger partial charge >= 0.3 is 81.7 Å². The molecule has 1 N–H and O–H groups in total. The molecule has 0 saturated heterocycles. The third-order valence-electron chi connectivity index (χ3n) is 1.06. The Hall–Kier alpha value is 0.0221. The van der Waals surface area contributed by atoms with Gasteiger partial charge in [-0.1, -0.05) is 0 Å². The molecule has 5 heteroatoms. The van der Waals surface area contributed by atoms with Crippen LogP contribution in [0, 0.1) is 0 Å². The van der Waals surface area contributed by atoms with Crippen LogP contribution in [0.3, 0.4) is 0 Å². The summed E-state index contributed by atoms with van der Waals surface area (Å²) in [5.74, 6) is -0.352. The van der Waals surface area contributed by atoms with Crippen molar-refractivity contribution in [3.8, 4) is 0 Å². The van der Waals surface area contributed by atoms with Gasteiger partial charge < -0.3 is 0 Å². The van der Waals surface area contributed by atoms with Crippen LogP contribution in [0.1, 0.15) is 0 Å². The molecule has 11 heavy (non-hydrogen) atoms. The molecule has 0 spiro atoms. The molecule has 0 heterocycles. The second-order valence-corrected chi connectivity index (χ2v) is 5.04. The average molecular weight is 352 g/mol. The molecule has 0 atom stereocenters. The summed E-state index contributed by atoms with van der Waals surface area (Å²) in [5, 5.41) is 2.36. The molecule has 0 saturated carbocycles. The van der Waals surface area contributed by atoms with Gasteiger partial charge in [0.15, 0.2) is 0 Å². The number of nitrogens with one attached hydrogen (secondary N) is 1. The Balaban J connectivity index is 4.09. The Morgan fingerprint density at radius 2 is 2.36 bits per heavy atom. The fourth-order valence-electron chi connectivity index (χ4n) is 0.572. The number of hydrogen-bond acceptors (Lipinski definition) is 2. The van der Waals surface area contributed by atoms with E-state index in [1.54, 1.807) is 0 Å². The first-order valence-corrected chi connectivity index (χ1v) is 4.79. The number of carbonyl (C=O) groups is 1. The third kappa shape index (κ3) is 4.46. The molecular weight excluding hydrogens is 342 g/mol. The van der Waals surface area contributed by atoms with E-state index in [1.807, 2.05) is 9.76 Å². The van der Waals surface area contributed by atoms with Crippen LogP contribution in [0.2, 0.25) is 0 Å². The molecule has 0 bridgehead atoms. The maximum absolute atomic E-state index is 12.0. The third-order valence-corrected chi connectivity index (χ3v) is 1.67. The van der Waals surface area contributed by atoms with Crippen molar-refractivity contribution in [1.29, 1.82) is 0 Å². The van der Waals surface area contributed by atoms with Gasteiger partial charge in [0.1, 0.15) is 0 Å². The van der Waals surface area contributed by atoms with E-state index in [1.165, 1.54) is 7.05 Å². The quantitative estimate of drug-likeness (QED) is 0.554. The van der Waals surface area contributed by atoms with Crippen molar-refractivity contribution in [2.24, 2.45) is 0 Å². The van der Waals surface area contributed by atoms with Gasteiger partial charge in [-0.25, -0.2) is 0 Å². The van der Waals surface area contributed by atoms with Crippen LogP contribution in [0.4, 0.5) is 4.39 Å².